The smallest absolute Gasteiger partial charge is 0.265 e. The number of rotatable bonds is 10. The van der Waals surface area contributed by atoms with Crippen LogP contribution in [-0.4, -0.2) is 48.8 Å². The molecule has 8 nitrogen and oxygen atoms in total. The highest BCUT2D eigenvalue weighted by molar-refractivity contribution is 7.92. The lowest BCUT2D eigenvalue weighted by atomic mass is 9.64. The molecule has 1 amide bonds. The summed E-state index contributed by atoms with van der Waals surface area (Å²) in [6, 6.07) is 11.5. The molecule has 0 aliphatic heterocycles. The molecule has 0 radical (unpaired) electrons. The molecular weight excluding hydrogens is 420 g/mol. The van der Waals surface area contributed by atoms with Crippen molar-refractivity contribution in [1.82, 2.24) is 5.32 Å². The Balaban J connectivity index is 1.80. The molecule has 0 saturated heterocycles. The lowest BCUT2D eigenvalue weighted by Crippen LogP contribution is -2.49. The van der Waals surface area contributed by atoms with Crippen LogP contribution in [0.4, 0.5) is 5.69 Å². The van der Waals surface area contributed by atoms with E-state index in [9.17, 15) is 13.2 Å². The Morgan fingerprint density at radius 1 is 1.03 bits per heavy atom. The summed E-state index contributed by atoms with van der Waals surface area (Å²) in [4.78, 5) is 12.7. The van der Waals surface area contributed by atoms with Crippen molar-refractivity contribution in [3.63, 3.8) is 0 Å². The van der Waals surface area contributed by atoms with Gasteiger partial charge in [0.25, 0.3) is 10.0 Å². The average Bonchev–Trinajstić information content (AvgIpc) is 2.73. The van der Waals surface area contributed by atoms with E-state index in [-0.39, 0.29) is 16.6 Å². The van der Waals surface area contributed by atoms with Crippen LogP contribution in [0.5, 0.6) is 11.5 Å². The van der Waals surface area contributed by atoms with E-state index in [1.54, 1.807) is 43.5 Å². The topological polar surface area (TPSA) is 103 Å². The fourth-order valence-corrected chi connectivity index (χ4v) is 4.92. The van der Waals surface area contributed by atoms with Crippen molar-refractivity contribution in [1.29, 1.82) is 0 Å². The third-order valence-corrected chi connectivity index (χ3v) is 6.99. The maximum absolute atomic E-state index is 12.9. The largest absolute Gasteiger partial charge is 0.497 e. The second-order valence-electron chi connectivity index (χ2n) is 7.38. The third-order valence-electron chi connectivity index (χ3n) is 5.58. The molecule has 0 heterocycles. The first-order valence-electron chi connectivity index (χ1n) is 9.99. The molecule has 1 aliphatic carbocycles. The second-order valence-corrected chi connectivity index (χ2v) is 9.03. The van der Waals surface area contributed by atoms with E-state index in [0.29, 0.717) is 24.6 Å². The first-order valence-corrected chi connectivity index (χ1v) is 11.5. The van der Waals surface area contributed by atoms with Crippen LogP contribution in [0.1, 0.15) is 24.8 Å². The van der Waals surface area contributed by atoms with E-state index in [4.69, 9.17) is 14.2 Å². The fourth-order valence-electron chi connectivity index (χ4n) is 3.67. The second kappa shape index (κ2) is 9.57. The highest BCUT2D eigenvalue weighted by atomic mass is 32.2. The Labute approximate surface area is 182 Å². The summed E-state index contributed by atoms with van der Waals surface area (Å²) in [7, 11) is 0.554. The predicted octanol–water partition coefficient (Wildman–Crippen LogP) is 2.69. The summed E-state index contributed by atoms with van der Waals surface area (Å²) in [5.74, 6) is 0.597. The van der Waals surface area contributed by atoms with Gasteiger partial charge < -0.3 is 19.5 Å². The van der Waals surface area contributed by atoms with Gasteiger partial charge in [-0.15, -0.1) is 0 Å². The van der Waals surface area contributed by atoms with Crippen LogP contribution in [-0.2, 0) is 25.0 Å². The van der Waals surface area contributed by atoms with E-state index in [0.717, 1.165) is 24.8 Å². The summed E-state index contributed by atoms with van der Waals surface area (Å²) >= 11 is 0. The molecule has 0 atom stereocenters. The Morgan fingerprint density at radius 3 is 2.29 bits per heavy atom. The van der Waals surface area contributed by atoms with Crippen LogP contribution in [0.25, 0.3) is 0 Å². The zero-order chi connectivity index (χ0) is 22.5. The van der Waals surface area contributed by atoms with Crippen LogP contribution in [0, 0.1) is 0 Å². The van der Waals surface area contributed by atoms with E-state index < -0.39 is 15.4 Å². The minimum atomic E-state index is -3.91. The summed E-state index contributed by atoms with van der Waals surface area (Å²) in [6.45, 7) is 0.910. The maximum atomic E-state index is 12.9. The number of carbonyl (C=O) groups is 1. The number of sulfonamides is 1. The van der Waals surface area contributed by atoms with Gasteiger partial charge in [0.2, 0.25) is 5.91 Å². The fraction of sp³-hybridized carbons (Fsp3) is 0.409. The standard InChI is InChI=1S/C22H28N2O6S/c1-28-14-13-23-21(25)22(11-4-12-22)16-5-7-17(8-6-16)24-31(26,27)20-15-18(29-2)9-10-19(20)30-3/h5-10,15,24H,4,11-14H2,1-3H3,(H,23,25). The van der Waals surface area contributed by atoms with Gasteiger partial charge >= 0.3 is 0 Å². The zero-order valence-corrected chi connectivity index (χ0v) is 18.8. The molecule has 168 valence electrons. The number of carbonyl (C=O) groups excluding carboxylic acids is 1. The summed E-state index contributed by atoms with van der Waals surface area (Å²) in [5.41, 5.74) is 0.694. The predicted molar refractivity (Wildman–Crippen MR) is 117 cm³/mol. The number of methoxy groups -OCH3 is 3. The number of anilines is 1. The molecule has 0 spiro atoms. The van der Waals surface area contributed by atoms with E-state index >= 15 is 0 Å². The van der Waals surface area contributed by atoms with Gasteiger partial charge in [0, 0.05) is 25.4 Å². The zero-order valence-electron chi connectivity index (χ0n) is 17.9. The van der Waals surface area contributed by atoms with Crippen LogP contribution in [0.15, 0.2) is 47.4 Å². The number of amides is 1. The number of nitrogens with one attached hydrogen (secondary N) is 2. The molecule has 3 rings (SSSR count). The maximum Gasteiger partial charge on any atom is 0.265 e. The van der Waals surface area contributed by atoms with E-state index in [1.165, 1.54) is 20.3 Å². The molecule has 1 aliphatic rings. The van der Waals surface area contributed by atoms with Gasteiger partial charge in [-0.1, -0.05) is 18.6 Å². The molecule has 1 fully saturated rings. The van der Waals surface area contributed by atoms with Crippen LogP contribution in [0.3, 0.4) is 0 Å². The Hall–Kier alpha value is -2.78. The molecule has 31 heavy (non-hydrogen) atoms. The van der Waals surface area contributed by atoms with Gasteiger partial charge in [-0.2, -0.15) is 0 Å². The highest BCUT2D eigenvalue weighted by Crippen LogP contribution is 2.44. The average molecular weight is 449 g/mol. The Bertz CT molecular complexity index is 1020. The van der Waals surface area contributed by atoms with E-state index in [2.05, 4.69) is 10.0 Å². The lowest BCUT2D eigenvalue weighted by molar-refractivity contribution is -0.130. The van der Waals surface area contributed by atoms with E-state index in [1.807, 2.05) is 0 Å². The van der Waals surface area contributed by atoms with Gasteiger partial charge in [0.15, 0.2) is 0 Å². The van der Waals surface area contributed by atoms with Crippen molar-refractivity contribution in [2.45, 2.75) is 29.6 Å². The van der Waals surface area contributed by atoms with Crippen molar-refractivity contribution in [3.05, 3.63) is 48.0 Å². The molecule has 1 saturated carbocycles. The van der Waals surface area contributed by atoms with Crippen molar-refractivity contribution < 1.29 is 27.4 Å². The summed E-state index contributed by atoms with van der Waals surface area (Å²) in [5, 5.41) is 2.92. The molecule has 0 unspecified atom stereocenters. The van der Waals surface area contributed by atoms with Gasteiger partial charge in [-0.25, -0.2) is 8.42 Å². The first-order chi connectivity index (χ1) is 14.9. The quantitative estimate of drug-likeness (QED) is 0.542. The van der Waals surface area contributed by atoms with Gasteiger partial charge in [0.1, 0.15) is 16.4 Å². The molecule has 2 aromatic carbocycles. The van der Waals surface area contributed by atoms with Crippen molar-refractivity contribution in [2.24, 2.45) is 0 Å². The van der Waals surface area contributed by atoms with Gasteiger partial charge in [-0.3, -0.25) is 9.52 Å². The van der Waals surface area contributed by atoms with Crippen molar-refractivity contribution in [2.75, 3.05) is 39.2 Å². The third kappa shape index (κ3) is 4.77. The minimum Gasteiger partial charge on any atom is -0.497 e. The summed E-state index contributed by atoms with van der Waals surface area (Å²) in [6.07, 6.45) is 2.50. The van der Waals surface area contributed by atoms with Gasteiger partial charge in [0.05, 0.1) is 26.2 Å². The number of hydrogen-bond acceptors (Lipinski definition) is 6. The normalized spacial score (nSPS) is 14.9. The molecule has 0 bridgehead atoms. The Kier molecular flexibility index (Phi) is 7.07. The molecule has 2 N–H and O–H groups in total. The monoisotopic (exact) mass is 448 g/mol. The molecule has 9 heteroatoms. The summed E-state index contributed by atoms with van der Waals surface area (Å²) < 4.78 is 43.8. The van der Waals surface area contributed by atoms with Crippen LogP contribution >= 0.6 is 0 Å². The first kappa shape index (κ1) is 22.9. The highest BCUT2D eigenvalue weighted by Gasteiger charge is 2.45. The lowest BCUT2D eigenvalue weighted by Gasteiger charge is -2.40. The SMILES string of the molecule is COCCNC(=O)C1(c2ccc(NS(=O)(=O)c3cc(OC)ccc3OC)cc2)CCC1. The van der Waals surface area contributed by atoms with Crippen molar-refractivity contribution in [3.8, 4) is 11.5 Å². The number of benzene rings is 2. The minimum absolute atomic E-state index is 0.0218. The number of hydrogen-bond donors (Lipinski definition) is 2. The number of ether oxygens (including phenoxy) is 3. The van der Waals surface area contributed by atoms with Crippen LogP contribution < -0.4 is 19.5 Å². The molecule has 2 aromatic rings. The molecule has 0 aromatic heterocycles. The van der Waals surface area contributed by atoms with Crippen molar-refractivity contribution >= 4 is 21.6 Å². The Morgan fingerprint density at radius 2 is 1.74 bits per heavy atom. The van der Waals surface area contributed by atoms with Crippen LogP contribution in [0.2, 0.25) is 0 Å². The molecular formula is C22H28N2O6S. The van der Waals surface area contributed by atoms with Gasteiger partial charge in [-0.05, 0) is 42.7 Å².